The standard InChI is InChI=1S/C13H21NO2S/c1-7(2)12(17)13(15)14-9(4)11-6-8(3)16-10(11)5/h6-7,9,12,17H,1-5H3,(H,14,15). The average molecular weight is 255 g/mol. The Morgan fingerprint density at radius 1 is 1.35 bits per heavy atom. The summed E-state index contributed by atoms with van der Waals surface area (Å²) in [5.74, 6) is 1.91. The molecule has 0 saturated heterocycles. The largest absolute Gasteiger partial charge is 0.466 e. The van der Waals surface area contributed by atoms with Gasteiger partial charge in [0.15, 0.2) is 0 Å². The summed E-state index contributed by atoms with van der Waals surface area (Å²) in [6.45, 7) is 9.73. The van der Waals surface area contributed by atoms with E-state index in [0.717, 1.165) is 17.1 Å². The molecule has 1 aromatic rings. The third-order valence-electron chi connectivity index (χ3n) is 2.80. The molecule has 1 rings (SSSR count). The zero-order valence-electron chi connectivity index (χ0n) is 11.1. The molecule has 0 fully saturated rings. The number of carbonyl (C=O) groups is 1. The van der Waals surface area contributed by atoms with Gasteiger partial charge in [-0.25, -0.2) is 0 Å². The van der Waals surface area contributed by atoms with Crippen LogP contribution in [0.1, 0.15) is 43.9 Å². The van der Waals surface area contributed by atoms with Crippen molar-refractivity contribution in [3.8, 4) is 0 Å². The molecule has 17 heavy (non-hydrogen) atoms. The summed E-state index contributed by atoms with van der Waals surface area (Å²) in [4.78, 5) is 11.9. The number of carbonyl (C=O) groups excluding carboxylic acids is 1. The normalized spacial score (nSPS) is 14.8. The minimum absolute atomic E-state index is 0.0333. The van der Waals surface area contributed by atoms with E-state index in [1.807, 2.05) is 40.7 Å². The van der Waals surface area contributed by atoms with E-state index in [4.69, 9.17) is 4.42 Å². The SMILES string of the molecule is Cc1cc(C(C)NC(=O)C(S)C(C)C)c(C)o1. The summed E-state index contributed by atoms with van der Waals surface area (Å²) in [6.07, 6.45) is 0. The minimum Gasteiger partial charge on any atom is -0.466 e. The van der Waals surface area contributed by atoms with Gasteiger partial charge >= 0.3 is 0 Å². The number of thiol groups is 1. The molecule has 0 bridgehead atoms. The van der Waals surface area contributed by atoms with Crippen LogP contribution >= 0.6 is 12.6 Å². The van der Waals surface area contributed by atoms with Crippen molar-refractivity contribution in [1.29, 1.82) is 0 Å². The second kappa shape index (κ2) is 5.63. The molecule has 0 aromatic carbocycles. The highest BCUT2D eigenvalue weighted by molar-refractivity contribution is 7.81. The van der Waals surface area contributed by atoms with Gasteiger partial charge in [0.25, 0.3) is 0 Å². The quantitative estimate of drug-likeness (QED) is 0.812. The maximum Gasteiger partial charge on any atom is 0.233 e. The summed E-state index contributed by atoms with van der Waals surface area (Å²) in [6, 6.07) is 1.91. The summed E-state index contributed by atoms with van der Waals surface area (Å²) in [5, 5.41) is 2.68. The van der Waals surface area contributed by atoms with E-state index in [2.05, 4.69) is 17.9 Å². The molecule has 1 amide bonds. The van der Waals surface area contributed by atoms with Crippen molar-refractivity contribution in [2.75, 3.05) is 0 Å². The Labute approximate surface area is 108 Å². The summed E-state index contributed by atoms with van der Waals surface area (Å²) in [7, 11) is 0. The van der Waals surface area contributed by atoms with Crippen LogP contribution in [0.3, 0.4) is 0 Å². The first-order valence-electron chi connectivity index (χ1n) is 5.88. The van der Waals surface area contributed by atoms with Crippen molar-refractivity contribution in [3.05, 3.63) is 23.2 Å². The van der Waals surface area contributed by atoms with Gasteiger partial charge in [0, 0.05) is 5.56 Å². The number of furan rings is 1. The predicted molar refractivity (Wildman–Crippen MR) is 72.4 cm³/mol. The van der Waals surface area contributed by atoms with Gasteiger partial charge in [-0.1, -0.05) is 13.8 Å². The molecule has 0 saturated carbocycles. The van der Waals surface area contributed by atoms with Gasteiger partial charge < -0.3 is 9.73 Å². The zero-order chi connectivity index (χ0) is 13.2. The van der Waals surface area contributed by atoms with Crippen LogP contribution in [0.2, 0.25) is 0 Å². The first-order chi connectivity index (χ1) is 7.82. The Kier molecular flexibility index (Phi) is 4.69. The van der Waals surface area contributed by atoms with Crippen LogP contribution in [0.5, 0.6) is 0 Å². The molecular weight excluding hydrogens is 234 g/mol. The van der Waals surface area contributed by atoms with Gasteiger partial charge in [-0.2, -0.15) is 12.6 Å². The topological polar surface area (TPSA) is 42.2 Å². The molecule has 1 N–H and O–H groups in total. The van der Waals surface area contributed by atoms with Crippen molar-refractivity contribution in [2.45, 2.75) is 45.9 Å². The molecule has 96 valence electrons. The summed E-state index contributed by atoms with van der Waals surface area (Å²) >= 11 is 4.30. The second-order valence-corrected chi connectivity index (χ2v) is 5.34. The monoisotopic (exact) mass is 255 g/mol. The molecule has 0 aliphatic carbocycles. The Bertz CT molecular complexity index is 398. The summed E-state index contributed by atoms with van der Waals surface area (Å²) in [5.41, 5.74) is 1.03. The molecule has 0 radical (unpaired) electrons. The van der Waals surface area contributed by atoms with E-state index >= 15 is 0 Å². The van der Waals surface area contributed by atoms with Crippen LogP contribution in [0.25, 0.3) is 0 Å². The highest BCUT2D eigenvalue weighted by atomic mass is 32.1. The van der Waals surface area contributed by atoms with E-state index < -0.39 is 0 Å². The van der Waals surface area contributed by atoms with E-state index in [1.165, 1.54) is 0 Å². The van der Waals surface area contributed by atoms with Crippen LogP contribution in [0, 0.1) is 19.8 Å². The van der Waals surface area contributed by atoms with E-state index in [-0.39, 0.29) is 23.1 Å². The molecule has 1 aromatic heterocycles. The Hall–Kier alpha value is -0.900. The molecule has 0 aliphatic heterocycles. The number of nitrogens with one attached hydrogen (secondary N) is 1. The molecule has 2 unspecified atom stereocenters. The number of amides is 1. The summed E-state index contributed by atoms with van der Waals surface area (Å²) < 4.78 is 5.45. The Morgan fingerprint density at radius 3 is 2.35 bits per heavy atom. The third-order valence-corrected chi connectivity index (χ3v) is 3.64. The minimum atomic E-state index is -0.272. The molecule has 1 heterocycles. The van der Waals surface area contributed by atoms with Gasteiger partial charge in [0.05, 0.1) is 11.3 Å². The lowest BCUT2D eigenvalue weighted by Crippen LogP contribution is -2.36. The maximum atomic E-state index is 11.9. The van der Waals surface area contributed by atoms with Crippen LogP contribution in [-0.2, 0) is 4.79 Å². The van der Waals surface area contributed by atoms with Crippen LogP contribution in [0.15, 0.2) is 10.5 Å². The van der Waals surface area contributed by atoms with Crippen LogP contribution in [-0.4, -0.2) is 11.2 Å². The van der Waals surface area contributed by atoms with Gasteiger partial charge in [0.1, 0.15) is 11.5 Å². The average Bonchev–Trinajstić information content (AvgIpc) is 2.56. The maximum absolute atomic E-state index is 11.9. The molecule has 0 spiro atoms. The van der Waals surface area contributed by atoms with Gasteiger partial charge in [-0.15, -0.1) is 0 Å². The van der Waals surface area contributed by atoms with E-state index in [0.29, 0.717) is 0 Å². The lowest BCUT2D eigenvalue weighted by molar-refractivity contribution is -0.121. The first-order valence-corrected chi connectivity index (χ1v) is 6.40. The van der Waals surface area contributed by atoms with Gasteiger partial charge in [0.2, 0.25) is 5.91 Å². The fraction of sp³-hybridized carbons (Fsp3) is 0.615. The smallest absolute Gasteiger partial charge is 0.233 e. The van der Waals surface area contributed by atoms with Crippen molar-refractivity contribution in [1.82, 2.24) is 5.32 Å². The van der Waals surface area contributed by atoms with Crippen LogP contribution in [0.4, 0.5) is 0 Å². The number of hydrogen-bond acceptors (Lipinski definition) is 3. The number of rotatable bonds is 4. The fourth-order valence-corrected chi connectivity index (χ4v) is 1.83. The van der Waals surface area contributed by atoms with Crippen molar-refractivity contribution in [2.24, 2.45) is 5.92 Å². The van der Waals surface area contributed by atoms with E-state index in [9.17, 15) is 4.79 Å². The second-order valence-electron chi connectivity index (χ2n) is 4.79. The van der Waals surface area contributed by atoms with Gasteiger partial charge in [-0.05, 0) is 32.8 Å². The molecule has 3 nitrogen and oxygen atoms in total. The van der Waals surface area contributed by atoms with Crippen LogP contribution < -0.4 is 5.32 Å². The molecule has 4 heteroatoms. The molecular formula is C13H21NO2S. The lowest BCUT2D eigenvalue weighted by atomic mass is 10.1. The fourth-order valence-electron chi connectivity index (χ4n) is 1.76. The van der Waals surface area contributed by atoms with Gasteiger partial charge in [-0.3, -0.25) is 4.79 Å². The number of hydrogen-bond donors (Lipinski definition) is 2. The van der Waals surface area contributed by atoms with Crippen molar-refractivity contribution >= 4 is 18.5 Å². The first kappa shape index (κ1) is 14.2. The molecule has 2 atom stereocenters. The zero-order valence-corrected chi connectivity index (χ0v) is 12.0. The Morgan fingerprint density at radius 2 is 1.94 bits per heavy atom. The lowest BCUT2D eigenvalue weighted by Gasteiger charge is -2.18. The third kappa shape index (κ3) is 3.53. The highest BCUT2D eigenvalue weighted by Gasteiger charge is 2.21. The Balaban J connectivity index is 2.70. The van der Waals surface area contributed by atoms with Crippen molar-refractivity contribution in [3.63, 3.8) is 0 Å². The highest BCUT2D eigenvalue weighted by Crippen LogP contribution is 2.21. The van der Waals surface area contributed by atoms with E-state index in [1.54, 1.807) is 0 Å². The van der Waals surface area contributed by atoms with Crippen molar-refractivity contribution < 1.29 is 9.21 Å². The predicted octanol–water partition coefficient (Wildman–Crippen LogP) is 3.03. The number of aryl methyl sites for hydroxylation is 2. The molecule has 0 aliphatic rings.